The van der Waals surface area contributed by atoms with Crippen LogP contribution in [-0.4, -0.2) is 70.7 Å². The molecule has 0 aliphatic rings. The van der Waals surface area contributed by atoms with E-state index in [0.29, 0.717) is 24.1 Å². The summed E-state index contributed by atoms with van der Waals surface area (Å²) in [5.74, 6) is -0.330. The zero-order valence-electron chi connectivity index (χ0n) is 45.6. The van der Waals surface area contributed by atoms with Crippen LogP contribution in [0.15, 0.2) is 48.6 Å². The van der Waals surface area contributed by atoms with Gasteiger partial charge in [0.2, 0.25) is 0 Å². The Morgan fingerprint density at radius 2 is 0.853 bits per heavy atom. The maximum Gasteiger partial charge on any atom is 0.306 e. The van der Waals surface area contributed by atoms with Gasteiger partial charge in [0.05, 0.1) is 34.4 Å². The normalized spacial score (nSPS) is 13.8. The zero-order chi connectivity index (χ0) is 49.8. The van der Waals surface area contributed by atoms with Gasteiger partial charge in [0.15, 0.2) is 0 Å². The number of quaternary nitrogens is 1. The van der Waals surface area contributed by atoms with E-state index in [2.05, 4.69) is 62.5 Å². The second-order valence-corrected chi connectivity index (χ2v) is 22.0. The fourth-order valence-electron chi connectivity index (χ4n) is 8.25. The molecule has 0 bridgehead atoms. The van der Waals surface area contributed by atoms with Gasteiger partial charge in [0.1, 0.15) is 19.3 Å². The standard InChI is InChI=1S/C59H112NO7P/c1-6-8-10-12-14-16-18-20-22-24-26-28-30-31-33-35-37-39-41-43-45-47-49-51-54-64-56-58(57-66-68(62,63)65-55-53-60(3,4)5)67-59(61)52-50-48-46-44-42-40-38-36-34-32-29-27-25-23-21-19-17-15-13-11-9-7-2/h8,10,14,16,20,22,26,28,58H,6-7,9,11-13,15,17-19,21,23-25,27,29-57H2,1-5H3/b10-8-,16-14-,22-20-,28-26-. The van der Waals surface area contributed by atoms with E-state index in [-0.39, 0.29) is 25.8 Å². The van der Waals surface area contributed by atoms with Crippen molar-refractivity contribution in [1.29, 1.82) is 0 Å². The van der Waals surface area contributed by atoms with Crippen molar-refractivity contribution in [1.82, 2.24) is 0 Å². The molecule has 0 saturated carbocycles. The lowest BCUT2D eigenvalue weighted by atomic mass is 10.0. The summed E-state index contributed by atoms with van der Waals surface area (Å²) in [7, 11) is 1.36. The highest BCUT2D eigenvalue weighted by Crippen LogP contribution is 2.38. The molecule has 0 spiro atoms. The summed E-state index contributed by atoms with van der Waals surface area (Å²) in [6.07, 6.45) is 65.8. The first-order valence-electron chi connectivity index (χ1n) is 28.9. The average Bonchev–Trinajstić information content (AvgIpc) is 3.30. The van der Waals surface area contributed by atoms with Crippen molar-refractivity contribution >= 4 is 13.8 Å². The molecule has 0 rings (SSSR count). The molecule has 400 valence electrons. The Balaban J connectivity index is 4.05. The molecular weight excluding hydrogens is 866 g/mol. The average molecular weight is 979 g/mol. The van der Waals surface area contributed by atoms with Crippen LogP contribution in [0.5, 0.6) is 0 Å². The summed E-state index contributed by atoms with van der Waals surface area (Å²) in [6, 6.07) is 0. The maximum atomic E-state index is 12.8. The Bertz CT molecular complexity index is 1230. The highest BCUT2D eigenvalue weighted by Gasteiger charge is 2.20. The Morgan fingerprint density at radius 3 is 1.28 bits per heavy atom. The van der Waals surface area contributed by atoms with Crippen LogP contribution in [0.2, 0.25) is 0 Å². The Hall–Kier alpha value is -1.54. The molecule has 0 N–H and O–H groups in total. The van der Waals surface area contributed by atoms with E-state index < -0.39 is 13.9 Å². The van der Waals surface area contributed by atoms with Gasteiger partial charge in [-0.05, 0) is 51.4 Å². The number of allylic oxidation sites excluding steroid dienone is 8. The van der Waals surface area contributed by atoms with Gasteiger partial charge in [-0.3, -0.25) is 9.36 Å². The van der Waals surface area contributed by atoms with Gasteiger partial charge in [-0.1, -0.05) is 255 Å². The summed E-state index contributed by atoms with van der Waals surface area (Å²) in [4.78, 5) is 25.3. The Morgan fingerprint density at radius 1 is 0.471 bits per heavy atom. The van der Waals surface area contributed by atoms with Crippen molar-refractivity contribution in [2.24, 2.45) is 0 Å². The number of hydrogen-bond acceptors (Lipinski definition) is 7. The molecule has 0 aliphatic heterocycles. The quantitative estimate of drug-likeness (QED) is 0.0197. The van der Waals surface area contributed by atoms with Crippen molar-refractivity contribution in [3.05, 3.63) is 48.6 Å². The molecule has 9 heteroatoms. The lowest BCUT2D eigenvalue weighted by molar-refractivity contribution is -0.870. The van der Waals surface area contributed by atoms with E-state index in [9.17, 15) is 14.3 Å². The molecule has 68 heavy (non-hydrogen) atoms. The molecule has 0 amide bonds. The maximum absolute atomic E-state index is 12.8. The molecule has 2 unspecified atom stereocenters. The van der Waals surface area contributed by atoms with Crippen LogP contribution in [-0.2, 0) is 27.9 Å². The number of ether oxygens (including phenoxy) is 2. The van der Waals surface area contributed by atoms with Gasteiger partial charge in [-0.2, -0.15) is 0 Å². The monoisotopic (exact) mass is 978 g/mol. The first-order chi connectivity index (χ1) is 33.1. The Labute approximate surface area is 422 Å². The predicted molar refractivity (Wildman–Crippen MR) is 291 cm³/mol. The fraction of sp³-hybridized carbons (Fsp3) is 0.847. The zero-order valence-corrected chi connectivity index (χ0v) is 46.5. The minimum absolute atomic E-state index is 0.0263. The van der Waals surface area contributed by atoms with Gasteiger partial charge >= 0.3 is 5.97 Å². The molecular formula is C59H112NO7P. The van der Waals surface area contributed by atoms with Crippen molar-refractivity contribution in [3.63, 3.8) is 0 Å². The summed E-state index contributed by atoms with van der Waals surface area (Å²) in [5.41, 5.74) is 0. The second-order valence-electron chi connectivity index (χ2n) is 20.6. The van der Waals surface area contributed by atoms with E-state index in [0.717, 1.165) is 57.8 Å². The molecule has 0 radical (unpaired) electrons. The Kier molecular flexibility index (Phi) is 50.6. The number of nitrogens with zero attached hydrogens (tertiary/aromatic N) is 1. The van der Waals surface area contributed by atoms with Crippen molar-refractivity contribution in [3.8, 4) is 0 Å². The molecule has 0 saturated heterocycles. The molecule has 0 aromatic carbocycles. The minimum atomic E-state index is -4.53. The van der Waals surface area contributed by atoms with Gasteiger partial charge in [-0.25, -0.2) is 0 Å². The number of phosphoric ester groups is 1. The number of likely N-dealkylation sites (N-methyl/N-ethyl adjacent to an activating group) is 1. The van der Waals surface area contributed by atoms with Gasteiger partial charge in [0, 0.05) is 13.0 Å². The smallest absolute Gasteiger partial charge is 0.306 e. The van der Waals surface area contributed by atoms with Crippen molar-refractivity contribution in [2.45, 2.75) is 270 Å². The van der Waals surface area contributed by atoms with E-state index in [1.165, 1.54) is 186 Å². The summed E-state index contributed by atoms with van der Waals surface area (Å²) in [5, 5.41) is 0. The van der Waals surface area contributed by atoms with Crippen LogP contribution in [0, 0.1) is 0 Å². The second kappa shape index (κ2) is 51.8. The van der Waals surface area contributed by atoms with Crippen molar-refractivity contribution in [2.75, 3.05) is 54.1 Å². The van der Waals surface area contributed by atoms with Crippen LogP contribution in [0.3, 0.4) is 0 Å². The summed E-state index contributed by atoms with van der Waals surface area (Å²) < 4.78 is 34.9. The number of phosphoric acid groups is 1. The predicted octanol–water partition coefficient (Wildman–Crippen LogP) is 17.6. The van der Waals surface area contributed by atoms with Crippen LogP contribution in [0.25, 0.3) is 0 Å². The van der Waals surface area contributed by atoms with Crippen LogP contribution in [0.1, 0.15) is 264 Å². The third-order valence-corrected chi connectivity index (χ3v) is 13.6. The van der Waals surface area contributed by atoms with Gasteiger partial charge < -0.3 is 27.9 Å². The molecule has 0 aliphatic carbocycles. The van der Waals surface area contributed by atoms with Crippen LogP contribution in [0.4, 0.5) is 0 Å². The molecule has 0 heterocycles. The van der Waals surface area contributed by atoms with E-state index in [1.54, 1.807) is 0 Å². The van der Waals surface area contributed by atoms with Crippen molar-refractivity contribution < 1.29 is 37.3 Å². The highest BCUT2D eigenvalue weighted by atomic mass is 31.2. The fourth-order valence-corrected chi connectivity index (χ4v) is 8.98. The largest absolute Gasteiger partial charge is 0.756 e. The summed E-state index contributed by atoms with van der Waals surface area (Å²) >= 11 is 0. The first-order valence-corrected chi connectivity index (χ1v) is 30.3. The number of hydrogen-bond donors (Lipinski definition) is 0. The van der Waals surface area contributed by atoms with Gasteiger partial charge in [0.25, 0.3) is 7.82 Å². The number of carbonyl (C=O) groups is 1. The molecule has 2 atom stereocenters. The van der Waals surface area contributed by atoms with E-state index in [1.807, 2.05) is 21.1 Å². The molecule has 0 fully saturated rings. The topological polar surface area (TPSA) is 94.1 Å². The number of carbonyl (C=O) groups excluding carboxylic acids is 1. The molecule has 0 aromatic rings. The number of unbranched alkanes of at least 4 members (excludes halogenated alkanes) is 32. The molecule has 8 nitrogen and oxygen atoms in total. The van der Waals surface area contributed by atoms with E-state index >= 15 is 0 Å². The summed E-state index contributed by atoms with van der Waals surface area (Å²) in [6.45, 7) is 5.34. The van der Waals surface area contributed by atoms with Crippen LogP contribution >= 0.6 is 7.82 Å². The number of esters is 1. The van der Waals surface area contributed by atoms with Crippen LogP contribution < -0.4 is 4.89 Å². The lowest BCUT2D eigenvalue weighted by Crippen LogP contribution is -2.37. The minimum Gasteiger partial charge on any atom is -0.756 e. The highest BCUT2D eigenvalue weighted by molar-refractivity contribution is 7.45. The lowest BCUT2D eigenvalue weighted by Gasteiger charge is -2.28. The third kappa shape index (κ3) is 55.4. The number of rotatable bonds is 54. The van der Waals surface area contributed by atoms with Gasteiger partial charge in [-0.15, -0.1) is 0 Å². The molecule has 0 aromatic heterocycles. The first kappa shape index (κ1) is 66.5. The third-order valence-electron chi connectivity index (χ3n) is 12.6. The SMILES string of the molecule is CC/C=C\C/C=C\C/C=C\C/C=C\CCCCCCCCCCCCCOCC(COP(=O)([O-])OCC[N+](C)(C)C)OC(=O)CCCCCCCCCCCCCCCCCCCCCCCC. The van der Waals surface area contributed by atoms with E-state index in [4.69, 9.17) is 18.5 Å².